The maximum atomic E-state index is 4.11. The molecule has 1 atom stereocenters. The number of para-hydroxylation sites is 1. The topological polar surface area (TPSA) is 55.6 Å². The predicted octanol–water partition coefficient (Wildman–Crippen LogP) is 3.57. The minimum atomic E-state index is 0. The largest absolute Gasteiger partial charge is 0.315 e. The van der Waals surface area contributed by atoms with Crippen LogP contribution in [0, 0.1) is 0 Å². The number of thioether (sulfide) groups is 1. The molecule has 0 aliphatic heterocycles. The Bertz CT molecular complexity index is 735. The van der Waals surface area contributed by atoms with Gasteiger partial charge in [-0.2, -0.15) is 4.68 Å². The second-order valence-electron chi connectivity index (χ2n) is 5.57. The molecule has 0 bridgehead atoms. The Kier molecular flexibility index (Phi) is 7.91. The van der Waals surface area contributed by atoms with Crippen LogP contribution in [0.1, 0.15) is 18.4 Å². The molecule has 7 heteroatoms. The van der Waals surface area contributed by atoms with E-state index in [9.17, 15) is 0 Å². The molecule has 1 unspecified atom stereocenters. The van der Waals surface area contributed by atoms with Gasteiger partial charge in [-0.1, -0.05) is 67.2 Å². The van der Waals surface area contributed by atoms with E-state index < -0.39 is 0 Å². The lowest BCUT2D eigenvalue weighted by Gasteiger charge is -2.12. The summed E-state index contributed by atoms with van der Waals surface area (Å²) in [5.41, 5.74) is 2.35. The van der Waals surface area contributed by atoms with Crippen molar-refractivity contribution in [3.05, 3.63) is 66.2 Å². The van der Waals surface area contributed by atoms with Crippen LogP contribution in [0.4, 0.5) is 0 Å². The first-order valence-electron chi connectivity index (χ1n) is 8.07. The van der Waals surface area contributed by atoms with Crippen molar-refractivity contribution in [1.29, 1.82) is 0 Å². The van der Waals surface area contributed by atoms with E-state index >= 15 is 0 Å². The molecule has 3 aromatic rings. The van der Waals surface area contributed by atoms with Crippen LogP contribution < -0.4 is 5.32 Å². The fourth-order valence-corrected chi connectivity index (χ4v) is 3.22. The van der Waals surface area contributed by atoms with Gasteiger partial charge in [-0.3, -0.25) is 0 Å². The van der Waals surface area contributed by atoms with Crippen molar-refractivity contribution in [2.45, 2.75) is 18.0 Å². The van der Waals surface area contributed by atoms with Crippen molar-refractivity contribution >= 4 is 24.2 Å². The molecule has 0 saturated carbocycles. The lowest BCUT2D eigenvalue weighted by atomic mass is 10.0. The maximum Gasteiger partial charge on any atom is 0.214 e. The summed E-state index contributed by atoms with van der Waals surface area (Å²) in [5, 5.41) is 16.3. The smallest absolute Gasteiger partial charge is 0.214 e. The fourth-order valence-electron chi connectivity index (χ4n) is 2.43. The first-order valence-corrected chi connectivity index (χ1v) is 9.05. The van der Waals surface area contributed by atoms with Gasteiger partial charge in [-0.15, -0.1) is 17.5 Å². The molecule has 132 valence electrons. The van der Waals surface area contributed by atoms with Gasteiger partial charge in [0.2, 0.25) is 5.16 Å². The summed E-state index contributed by atoms with van der Waals surface area (Å²) in [5.74, 6) is 1.43. The molecule has 0 fully saturated rings. The van der Waals surface area contributed by atoms with Crippen LogP contribution in [0.3, 0.4) is 0 Å². The molecule has 25 heavy (non-hydrogen) atoms. The third kappa shape index (κ3) is 5.56. The van der Waals surface area contributed by atoms with E-state index in [4.69, 9.17) is 0 Å². The molecule has 2 aromatic carbocycles. The van der Waals surface area contributed by atoms with Crippen LogP contribution in [-0.4, -0.2) is 39.0 Å². The predicted molar refractivity (Wildman–Crippen MR) is 105 cm³/mol. The highest BCUT2D eigenvalue weighted by Gasteiger charge is 2.08. The number of nitrogens with one attached hydrogen (secondary N) is 1. The number of hydrogen-bond donors (Lipinski definition) is 1. The molecule has 0 radical (unpaired) electrons. The normalized spacial score (nSPS) is 11.7. The molecule has 1 aromatic heterocycles. The van der Waals surface area contributed by atoms with Gasteiger partial charge >= 0.3 is 0 Å². The Morgan fingerprint density at radius 1 is 1.04 bits per heavy atom. The van der Waals surface area contributed by atoms with E-state index in [2.05, 4.69) is 58.1 Å². The lowest BCUT2D eigenvalue weighted by Crippen LogP contribution is -2.22. The number of nitrogens with zero attached hydrogens (tertiary/aromatic N) is 4. The monoisotopic (exact) mass is 375 g/mol. The van der Waals surface area contributed by atoms with Crippen LogP contribution in [0.2, 0.25) is 0 Å². The molecule has 5 nitrogen and oxygen atoms in total. The zero-order valence-electron chi connectivity index (χ0n) is 14.1. The number of tetrazole rings is 1. The molecule has 3 rings (SSSR count). The van der Waals surface area contributed by atoms with Crippen LogP contribution >= 0.6 is 24.2 Å². The number of rotatable bonds is 8. The first-order chi connectivity index (χ1) is 11.8. The first kappa shape index (κ1) is 19.4. The Morgan fingerprint density at radius 3 is 2.44 bits per heavy atom. The Morgan fingerprint density at radius 2 is 1.72 bits per heavy atom. The van der Waals surface area contributed by atoms with Crippen molar-refractivity contribution in [2.24, 2.45) is 0 Å². The third-order valence-corrected chi connectivity index (χ3v) is 4.69. The zero-order chi connectivity index (χ0) is 16.6. The molecular formula is C18H22ClN5S. The average molecular weight is 376 g/mol. The second kappa shape index (κ2) is 10.2. The minimum Gasteiger partial charge on any atom is -0.315 e. The van der Waals surface area contributed by atoms with Crippen LogP contribution in [0.25, 0.3) is 5.69 Å². The van der Waals surface area contributed by atoms with Gasteiger partial charge in [0.1, 0.15) is 0 Å². The van der Waals surface area contributed by atoms with Crippen LogP contribution in [0.5, 0.6) is 0 Å². The molecule has 0 aliphatic rings. The number of benzene rings is 2. The molecule has 1 heterocycles. The summed E-state index contributed by atoms with van der Waals surface area (Å²) in [6, 6.07) is 20.5. The van der Waals surface area contributed by atoms with Gasteiger partial charge in [-0.25, -0.2) is 0 Å². The zero-order valence-corrected chi connectivity index (χ0v) is 15.7. The van der Waals surface area contributed by atoms with Gasteiger partial charge < -0.3 is 5.32 Å². The highest BCUT2D eigenvalue weighted by molar-refractivity contribution is 7.99. The summed E-state index contributed by atoms with van der Waals surface area (Å²) < 4.78 is 1.78. The molecule has 0 spiro atoms. The van der Waals surface area contributed by atoms with Gasteiger partial charge in [-0.05, 0) is 34.0 Å². The van der Waals surface area contributed by atoms with E-state index in [1.54, 1.807) is 16.4 Å². The van der Waals surface area contributed by atoms with E-state index in [-0.39, 0.29) is 12.4 Å². The highest BCUT2D eigenvalue weighted by Crippen LogP contribution is 2.17. The molecular weight excluding hydrogens is 354 g/mol. The van der Waals surface area contributed by atoms with Gasteiger partial charge in [0, 0.05) is 18.8 Å². The maximum absolute atomic E-state index is 4.11. The van der Waals surface area contributed by atoms with Gasteiger partial charge in [0.05, 0.1) is 5.69 Å². The van der Waals surface area contributed by atoms with E-state index in [1.807, 2.05) is 30.3 Å². The summed E-state index contributed by atoms with van der Waals surface area (Å²) >= 11 is 1.66. The summed E-state index contributed by atoms with van der Waals surface area (Å²) in [6.07, 6.45) is 0. The van der Waals surface area contributed by atoms with Crippen molar-refractivity contribution < 1.29 is 0 Å². The van der Waals surface area contributed by atoms with Crippen molar-refractivity contribution in [3.8, 4) is 5.69 Å². The SMILES string of the molecule is CC(CNCCSc1nnnn1-c1ccccc1)c1ccccc1.Cl. The van der Waals surface area contributed by atoms with E-state index in [0.29, 0.717) is 5.92 Å². The van der Waals surface area contributed by atoms with E-state index in [0.717, 1.165) is 29.7 Å². The minimum absolute atomic E-state index is 0. The quantitative estimate of drug-likeness (QED) is 0.482. The summed E-state index contributed by atoms with van der Waals surface area (Å²) in [7, 11) is 0. The summed E-state index contributed by atoms with van der Waals surface area (Å²) in [4.78, 5) is 0. The fraction of sp³-hybridized carbons (Fsp3) is 0.278. The highest BCUT2D eigenvalue weighted by atomic mass is 35.5. The standard InChI is InChI=1S/C18H21N5S.ClH/c1-15(16-8-4-2-5-9-16)14-19-12-13-24-18-20-21-22-23(18)17-10-6-3-7-11-17;/h2-11,15,19H,12-14H2,1H3;1H. The number of aromatic nitrogens is 4. The molecule has 0 amide bonds. The van der Waals surface area contributed by atoms with Crippen molar-refractivity contribution in [3.63, 3.8) is 0 Å². The number of halogens is 1. The van der Waals surface area contributed by atoms with Crippen LogP contribution in [0.15, 0.2) is 65.8 Å². The molecule has 1 N–H and O–H groups in total. The van der Waals surface area contributed by atoms with E-state index in [1.165, 1.54) is 5.56 Å². The third-order valence-electron chi connectivity index (χ3n) is 3.77. The van der Waals surface area contributed by atoms with Gasteiger partial charge in [0.25, 0.3) is 0 Å². The molecule has 0 saturated heterocycles. The van der Waals surface area contributed by atoms with Gasteiger partial charge in [0.15, 0.2) is 0 Å². The van der Waals surface area contributed by atoms with Crippen LogP contribution in [-0.2, 0) is 0 Å². The average Bonchev–Trinajstić information content (AvgIpc) is 3.11. The Balaban J connectivity index is 0.00000225. The number of hydrogen-bond acceptors (Lipinski definition) is 5. The van der Waals surface area contributed by atoms with Crippen molar-refractivity contribution in [2.75, 3.05) is 18.8 Å². The molecule has 0 aliphatic carbocycles. The van der Waals surface area contributed by atoms with Crippen molar-refractivity contribution in [1.82, 2.24) is 25.5 Å². The second-order valence-corrected chi connectivity index (χ2v) is 6.64. The Labute approximate surface area is 158 Å². The summed E-state index contributed by atoms with van der Waals surface area (Å²) in [6.45, 7) is 4.13. The Hall–Kier alpha value is -1.89. The lowest BCUT2D eigenvalue weighted by molar-refractivity contribution is 0.637.